The predicted octanol–water partition coefficient (Wildman–Crippen LogP) is 3.95. The molecule has 4 heteroatoms. The zero-order valence-corrected chi connectivity index (χ0v) is 13.5. The quantitative estimate of drug-likeness (QED) is 0.873. The highest BCUT2D eigenvalue weighted by Crippen LogP contribution is 2.33. The topological polar surface area (TPSA) is 28.4 Å². The number of halogens is 1. The molecular weight excluding hydrogens is 267 g/mol. The lowest BCUT2D eigenvalue weighted by Gasteiger charge is -2.39. The maximum absolute atomic E-state index is 13.3. The zero-order chi connectivity index (χ0) is 15.6. The molecule has 0 saturated heterocycles. The lowest BCUT2D eigenvalue weighted by atomic mass is 9.91. The Morgan fingerprint density at radius 2 is 2.00 bits per heavy atom. The molecule has 1 heterocycles. The highest BCUT2D eigenvalue weighted by atomic mass is 19.1. The second-order valence-electron chi connectivity index (χ2n) is 6.27. The summed E-state index contributed by atoms with van der Waals surface area (Å²) in [6, 6.07) is 6.62. The minimum Gasteiger partial charge on any atom is -0.459 e. The number of rotatable bonds is 6. The van der Waals surface area contributed by atoms with E-state index in [4.69, 9.17) is 4.42 Å². The molecule has 116 valence electrons. The van der Waals surface area contributed by atoms with Gasteiger partial charge in [0.15, 0.2) is 0 Å². The Labute approximate surface area is 126 Å². The molecule has 0 aliphatic heterocycles. The molecule has 0 radical (unpaired) electrons. The summed E-state index contributed by atoms with van der Waals surface area (Å²) in [6.07, 6.45) is 1.05. The number of nitrogens with one attached hydrogen (secondary N) is 1. The summed E-state index contributed by atoms with van der Waals surface area (Å²) in [6.45, 7) is 7.40. The van der Waals surface area contributed by atoms with E-state index in [9.17, 15) is 4.39 Å². The van der Waals surface area contributed by atoms with Crippen molar-refractivity contribution in [1.82, 2.24) is 10.2 Å². The average Bonchev–Trinajstić information content (AvgIpc) is 2.81. The number of furan rings is 1. The second kappa shape index (κ2) is 6.16. The molecule has 1 atom stereocenters. The minimum atomic E-state index is -0.236. The van der Waals surface area contributed by atoms with Crippen LogP contribution in [0.25, 0.3) is 11.0 Å². The number of hydrogen-bond donors (Lipinski definition) is 1. The summed E-state index contributed by atoms with van der Waals surface area (Å²) in [5, 5.41) is 4.36. The van der Waals surface area contributed by atoms with Gasteiger partial charge in [0.25, 0.3) is 0 Å². The van der Waals surface area contributed by atoms with Gasteiger partial charge in [0.1, 0.15) is 17.2 Å². The lowest BCUT2D eigenvalue weighted by Crippen LogP contribution is -2.49. The van der Waals surface area contributed by atoms with E-state index in [1.165, 1.54) is 12.1 Å². The van der Waals surface area contributed by atoms with Gasteiger partial charge in [-0.25, -0.2) is 4.39 Å². The Hall–Kier alpha value is -1.39. The van der Waals surface area contributed by atoms with E-state index in [-0.39, 0.29) is 17.4 Å². The first-order valence-corrected chi connectivity index (χ1v) is 7.46. The molecule has 0 spiro atoms. The normalized spacial score (nSPS) is 14.0. The fraction of sp³-hybridized carbons (Fsp3) is 0.529. The Kier molecular flexibility index (Phi) is 4.69. The smallest absolute Gasteiger partial charge is 0.134 e. The van der Waals surface area contributed by atoms with Crippen LogP contribution in [0.1, 0.15) is 39.0 Å². The van der Waals surface area contributed by atoms with Crippen LogP contribution in [0.2, 0.25) is 0 Å². The first-order valence-electron chi connectivity index (χ1n) is 7.46. The van der Waals surface area contributed by atoms with Crippen LogP contribution in [0.5, 0.6) is 0 Å². The standard InChI is InChI=1S/C17H25FN2O/c1-6-9-19-16(17(2,3)20(4)5)15-11-12-10-13(18)7-8-14(12)21-15/h7-8,10-11,16,19H,6,9H2,1-5H3. The molecule has 0 amide bonds. The Morgan fingerprint density at radius 3 is 2.62 bits per heavy atom. The van der Waals surface area contributed by atoms with Crippen LogP contribution in [-0.2, 0) is 0 Å². The summed E-state index contributed by atoms with van der Waals surface area (Å²) in [5.41, 5.74) is 0.603. The monoisotopic (exact) mass is 292 g/mol. The summed E-state index contributed by atoms with van der Waals surface area (Å²) < 4.78 is 19.3. The molecule has 0 saturated carbocycles. The molecule has 2 aromatic rings. The third-order valence-corrected chi connectivity index (χ3v) is 4.24. The number of benzene rings is 1. The lowest BCUT2D eigenvalue weighted by molar-refractivity contribution is 0.126. The van der Waals surface area contributed by atoms with Crippen LogP contribution in [-0.4, -0.2) is 31.1 Å². The van der Waals surface area contributed by atoms with Gasteiger partial charge in [-0.3, -0.25) is 0 Å². The molecular formula is C17H25FN2O. The largest absolute Gasteiger partial charge is 0.459 e. The van der Waals surface area contributed by atoms with Crippen molar-refractivity contribution in [2.75, 3.05) is 20.6 Å². The predicted molar refractivity (Wildman–Crippen MR) is 85.0 cm³/mol. The third-order valence-electron chi connectivity index (χ3n) is 4.24. The number of fused-ring (bicyclic) bond motifs is 1. The molecule has 21 heavy (non-hydrogen) atoms. The molecule has 1 aromatic carbocycles. The van der Waals surface area contributed by atoms with Crippen molar-refractivity contribution >= 4 is 11.0 Å². The maximum Gasteiger partial charge on any atom is 0.134 e. The van der Waals surface area contributed by atoms with E-state index < -0.39 is 0 Å². The number of nitrogens with zero attached hydrogens (tertiary/aromatic N) is 1. The molecule has 1 unspecified atom stereocenters. The van der Waals surface area contributed by atoms with E-state index in [0.717, 1.165) is 29.7 Å². The fourth-order valence-corrected chi connectivity index (χ4v) is 2.42. The van der Waals surface area contributed by atoms with Gasteiger partial charge in [0.2, 0.25) is 0 Å². The van der Waals surface area contributed by atoms with Crippen molar-refractivity contribution in [2.45, 2.75) is 38.8 Å². The maximum atomic E-state index is 13.3. The highest BCUT2D eigenvalue weighted by Gasteiger charge is 2.34. The molecule has 0 bridgehead atoms. The average molecular weight is 292 g/mol. The van der Waals surface area contributed by atoms with Gasteiger partial charge < -0.3 is 14.6 Å². The number of likely N-dealkylation sites (N-methyl/N-ethyl adjacent to an activating group) is 1. The molecule has 0 aliphatic carbocycles. The Morgan fingerprint density at radius 1 is 1.29 bits per heavy atom. The van der Waals surface area contributed by atoms with Gasteiger partial charge in [-0.15, -0.1) is 0 Å². The summed E-state index contributed by atoms with van der Waals surface area (Å²) in [4.78, 5) is 2.17. The van der Waals surface area contributed by atoms with Crippen molar-refractivity contribution in [3.8, 4) is 0 Å². The van der Waals surface area contributed by atoms with E-state index in [1.807, 2.05) is 6.07 Å². The van der Waals surface area contributed by atoms with Crippen molar-refractivity contribution in [3.63, 3.8) is 0 Å². The van der Waals surface area contributed by atoms with Crippen LogP contribution >= 0.6 is 0 Å². The van der Waals surface area contributed by atoms with Gasteiger partial charge in [-0.2, -0.15) is 0 Å². The van der Waals surface area contributed by atoms with E-state index in [2.05, 4.69) is 45.1 Å². The SMILES string of the molecule is CCCNC(c1cc2cc(F)ccc2o1)C(C)(C)N(C)C. The zero-order valence-electron chi connectivity index (χ0n) is 13.5. The van der Waals surface area contributed by atoms with Crippen molar-refractivity contribution < 1.29 is 8.81 Å². The van der Waals surface area contributed by atoms with Crippen LogP contribution in [0.4, 0.5) is 4.39 Å². The minimum absolute atomic E-state index is 0.0444. The van der Waals surface area contributed by atoms with Gasteiger partial charge in [0, 0.05) is 10.9 Å². The fourth-order valence-electron chi connectivity index (χ4n) is 2.42. The van der Waals surface area contributed by atoms with Gasteiger partial charge >= 0.3 is 0 Å². The van der Waals surface area contributed by atoms with E-state index in [1.54, 1.807) is 6.07 Å². The molecule has 0 fully saturated rings. The second-order valence-corrected chi connectivity index (χ2v) is 6.27. The molecule has 0 aliphatic rings. The van der Waals surface area contributed by atoms with Gasteiger partial charge in [-0.1, -0.05) is 6.92 Å². The van der Waals surface area contributed by atoms with Gasteiger partial charge in [-0.05, 0) is 65.2 Å². The molecule has 2 rings (SSSR count). The first-order chi connectivity index (χ1) is 9.86. The number of hydrogen-bond acceptors (Lipinski definition) is 3. The van der Waals surface area contributed by atoms with Crippen LogP contribution < -0.4 is 5.32 Å². The Balaban J connectivity index is 2.42. The van der Waals surface area contributed by atoms with E-state index in [0.29, 0.717) is 0 Å². The summed E-state index contributed by atoms with van der Waals surface area (Å²) >= 11 is 0. The Bertz CT molecular complexity index is 604. The van der Waals surface area contributed by atoms with Crippen molar-refractivity contribution in [3.05, 3.63) is 35.8 Å². The van der Waals surface area contributed by atoms with Crippen molar-refractivity contribution in [1.29, 1.82) is 0 Å². The highest BCUT2D eigenvalue weighted by molar-refractivity contribution is 5.78. The molecule has 3 nitrogen and oxygen atoms in total. The van der Waals surface area contributed by atoms with Crippen LogP contribution in [0, 0.1) is 5.82 Å². The van der Waals surface area contributed by atoms with Crippen LogP contribution in [0.15, 0.2) is 28.7 Å². The third kappa shape index (κ3) is 3.27. The first kappa shape index (κ1) is 16.0. The molecule has 1 N–H and O–H groups in total. The molecule has 1 aromatic heterocycles. The van der Waals surface area contributed by atoms with Crippen LogP contribution in [0.3, 0.4) is 0 Å². The van der Waals surface area contributed by atoms with Crippen molar-refractivity contribution in [2.24, 2.45) is 0 Å². The summed E-state index contributed by atoms with van der Waals surface area (Å²) in [5.74, 6) is 0.613. The van der Waals surface area contributed by atoms with E-state index >= 15 is 0 Å². The summed E-state index contributed by atoms with van der Waals surface area (Å²) in [7, 11) is 4.12. The van der Waals surface area contributed by atoms with Gasteiger partial charge in [0.05, 0.1) is 6.04 Å².